The van der Waals surface area contributed by atoms with Crippen molar-refractivity contribution in [2.75, 3.05) is 6.61 Å². The molecule has 0 saturated heterocycles. The Bertz CT molecular complexity index is 296. The van der Waals surface area contributed by atoms with E-state index in [1.54, 1.807) is 0 Å². The second-order valence-corrected chi connectivity index (χ2v) is 3.35. The third-order valence-corrected chi connectivity index (χ3v) is 2.59. The second kappa shape index (κ2) is 2.57. The summed E-state index contributed by atoms with van der Waals surface area (Å²) in [6.07, 6.45) is 1.51. The van der Waals surface area contributed by atoms with Gasteiger partial charge in [0.25, 0.3) is 0 Å². The van der Waals surface area contributed by atoms with Crippen molar-refractivity contribution in [3.8, 4) is 0 Å². The molecule has 0 radical (unpaired) electrons. The number of aryl methyl sites for hydroxylation is 1. The fraction of sp³-hybridized carbons (Fsp3) is 0.400. The SMILES string of the molecule is OC[C@@]1(O)CCc2ccccc21. The molecule has 0 unspecified atom stereocenters. The lowest BCUT2D eigenvalue weighted by Crippen LogP contribution is -2.26. The first-order valence-electron chi connectivity index (χ1n) is 4.18. The van der Waals surface area contributed by atoms with Crippen molar-refractivity contribution in [2.24, 2.45) is 0 Å². The lowest BCUT2D eigenvalue weighted by Gasteiger charge is -2.20. The van der Waals surface area contributed by atoms with Gasteiger partial charge in [-0.3, -0.25) is 0 Å². The van der Waals surface area contributed by atoms with Gasteiger partial charge in [-0.2, -0.15) is 0 Å². The normalized spacial score (nSPS) is 27.2. The predicted molar refractivity (Wildman–Crippen MR) is 45.7 cm³/mol. The van der Waals surface area contributed by atoms with Crippen LogP contribution in [0.2, 0.25) is 0 Å². The number of hydrogen-bond donors (Lipinski definition) is 2. The van der Waals surface area contributed by atoms with E-state index in [1.165, 1.54) is 0 Å². The third kappa shape index (κ3) is 0.958. The Hall–Kier alpha value is -0.860. The third-order valence-electron chi connectivity index (χ3n) is 2.59. The molecule has 2 nitrogen and oxygen atoms in total. The molecular formula is C10H12O2. The molecule has 1 aromatic carbocycles. The number of hydrogen-bond acceptors (Lipinski definition) is 2. The van der Waals surface area contributed by atoms with E-state index in [9.17, 15) is 5.11 Å². The highest BCUT2D eigenvalue weighted by Crippen LogP contribution is 2.35. The van der Waals surface area contributed by atoms with E-state index >= 15 is 0 Å². The fourth-order valence-corrected chi connectivity index (χ4v) is 1.83. The van der Waals surface area contributed by atoms with Crippen LogP contribution in [0.25, 0.3) is 0 Å². The van der Waals surface area contributed by atoms with Crippen LogP contribution < -0.4 is 0 Å². The van der Waals surface area contributed by atoms with Crippen LogP contribution in [0.3, 0.4) is 0 Å². The topological polar surface area (TPSA) is 40.5 Å². The molecule has 64 valence electrons. The van der Waals surface area contributed by atoms with Gasteiger partial charge in [0.05, 0.1) is 6.61 Å². The van der Waals surface area contributed by atoms with Crippen molar-refractivity contribution in [1.82, 2.24) is 0 Å². The van der Waals surface area contributed by atoms with Gasteiger partial charge in [0.2, 0.25) is 0 Å². The number of benzene rings is 1. The lowest BCUT2D eigenvalue weighted by molar-refractivity contribution is -0.0171. The maximum atomic E-state index is 9.90. The first-order valence-corrected chi connectivity index (χ1v) is 4.18. The number of aliphatic hydroxyl groups is 2. The maximum absolute atomic E-state index is 9.90. The fourth-order valence-electron chi connectivity index (χ4n) is 1.83. The molecule has 0 heterocycles. The largest absolute Gasteiger partial charge is 0.393 e. The van der Waals surface area contributed by atoms with Crippen LogP contribution in [0, 0.1) is 0 Å². The summed E-state index contributed by atoms with van der Waals surface area (Å²) in [5.74, 6) is 0. The highest BCUT2D eigenvalue weighted by Gasteiger charge is 2.35. The van der Waals surface area contributed by atoms with Crippen molar-refractivity contribution in [1.29, 1.82) is 0 Å². The van der Waals surface area contributed by atoms with E-state index in [-0.39, 0.29) is 6.61 Å². The van der Waals surface area contributed by atoms with E-state index in [0.717, 1.165) is 17.5 Å². The van der Waals surface area contributed by atoms with Crippen molar-refractivity contribution in [3.05, 3.63) is 35.4 Å². The minimum atomic E-state index is -0.976. The Morgan fingerprint density at radius 1 is 1.33 bits per heavy atom. The van der Waals surface area contributed by atoms with Gasteiger partial charge in [-0.15, -0.1) is 0 Å². The van der Waals surface area contributed by atoms with Gasteiger partial charge in [0, 0.05) is 0 Å². The van der Waals surface area contributed by atoms with Crippen molar-refractivity contribution >= 4 is 0 Å². The first-order chi connectivity index (χ1) is 5.76. The molecule has 2 N–H and O–H groups in total. The minimum Gasteiger partial charge on any atom is -0.393 e. The van der Waals surface area contributed by atoms with Crippen LogP contribution in [-0.4, -0.2) is 16.8 Å². The second-order valence-electron chi connectivity index (χ2n) is 3.35. The van der Waals surface area contributed by atoms with Gasteiger partial charge >= 0.3 is 0 Å². The number of rotatable bonds is 1. The molecule has 0 spiro atoms. The smallest absolute Gasteiger partial charge is 0.113 e. The highest BCUT2D eigenvalue weighted by atomic mass is 16.3. The molecule has 1 aliphatic carbocycles. The molecule has 1 aliphatic rings. The molecule has 0 aliphatic heterocycles. The molecule has 0 fully saturated rings. The van der Waals surface area contributed by atoms with Gasteiger partial charge in [0.1, 0.15) is 5.60 Å². The molecule has 0 aromatic heterocycles. The van der Waals surface area contributed by atoms with E-state index in [2.05, 4.69) is 0 Å². The van der Waals surface area contributed by atoms with Crippen LogP contribution in [0.4, 0.5) is 0 Å². The molecule has 1 aromatic rings. The molecule has 2 rings (SSSR count). The highest BCUT2D eigenvalue weighted by molar-refractivity contribution is 5.36. The van der Waals surface area contributed by atoms with Crippen molar-refractivity contribution < 1.29 is 10.2 Å². The average Bonchev–Trinajstić information content (AvgIpc) is 2.46. The van der Waals surface area contributed by atoms with Gasteiger partial charge in [-0.25, -0.2) is 0 Å². The summed E-state index contributed by atoms with van der Waals surface area (Å²) in [7, 11) is 0. The summed E-state index contributed by atoms with van der Waals surface area (Å²) < 4.78 is 0. The molecule has 0 saturated carbocycles. The minimum absolute atomic E-state index is 0.177. The summed E-state index contributed by atoms with van der Waals surface area (Å²) in [4.78, 5) is 0. The van der Waals surface area contributed by atoms with Gasteiger partial charge in [-0.05, 0) is 24.0 Å². The summed E-state index contributed by atoms with van der Waals surface area (Å²) >= 11 is 0. The van der Waals surface area contributed by atoms with Crippen LogP contribution >= 0.6 is 0 Å². The monoisotopic (exact) mass is 164 g/mol. The lowest BCUT2D eigenvalue weighted by atomic mass is 9.97. The zero-order valence-corrected chi connectivity index (χ0v) is 6.83. The molecule has 0 amide bonds. The van der Waals surface area contributed by atoms with Crippen LogP contribution in [0.15, 0.2) is 24.3 Å². The quantitative estimate of drug-likeness (QED) is 0.645. The number of aliphatic hydroxyl groups excluding tert-OH is 1. The standard InChI is InChI=1S/C10H12O2/c11-7-10(12)6-5-8-3-1-2-4-9(8)10/h1-4,11-12H,5-7H2/t10-/m0/s1. The van der Waals surface area contributed by atoms with Gasteiger partial charge in [-0.1, -0.05) is 24.3 Å². The van der Waals surface area contributed by atoms with E-state index in [1.807, 2.05) is 24.3 Å². The molecule has 0 bridgehead atoms. The predicted octanol–water partition coefficient (Wildman–Crippen LogP) is 0.813. The molecular weight excluding hydrogens is 152 g/mol. The zero-order chi connectivity index (χ0) is 8.60. The first kappa shape index (κ1) is 7.77. The zero-order valence-electron chi connectivity index (χ0n) is 6.83. The van der Waals surface area contributed by atoms with Crippen LogP contribution in [0.5, 0.6) is 0 Å². The Balaban J connectivity index is 2.49. The Labute approximate surface area is 71.5 Å². The Morgan fingerprint density at radius 3 is 2.83 bits per heavy atom. The average molecular weight is 164 g/mol. The van der Waals surface area contributed by atoms with Crippen molar-refractivity contribution in [2.45, 2.75) is 18.4 Å². The van der Waals surface area contributed by atoms with E-state index < -0.39 is 5.60 Å². The van der Waals surface area contributed by atoms with Gasteiger partial charge < -0.3 is 10.2 Å². The van der Waals surface area contributed by atoms with E-state index in [0.29, 0.717) is 6.42 Å². The Kier molecular flexibility index (Phi) is 1.67. The summed E-state index contributed by atoms with van der Waals surface area (Å²) in [6.45, 7) is -0.177. The number of fused-ring (bicyclic) bond motifs is 1. The maximum Gasteiger partial charge on any atom is 0.113 e. The van der Waals surface area contributed by atoms with Crippen LogP contribution in [0.1, 0.15) is 17.5 Å². The van der Waals surface area contributed by atoms with Gasteiger partial charge in [0.15, 0.2) is 0 Å². The summed E-state index contributed by atoms with van der Waals surface area (Å²) in [5.41, 5.74) is 1.08. The van der Waals surface area contributed by atoms with E-state index in [4.69, 9.17) is 5.11 Å². The molecule has 2 heteroatoms. The Morgan fingerprint density at radius 2 is 2.08 bits per heavy atom. The molecule has 1 atom stereocenters. The summed E-state index contributed by atoms with van der Waals surface area (Å²) in [6, 6.07) is 7.74. The molecule has 12 heavy (non-hydrogen) atoms. The summed E-state index contributed by atoms with van der Waals surface area (Å²) in [5, 5.41) is 18.9. The van der Waals surface area contributed by atoms with Crippen LogP contribution in [-0.2, 0) is 12.0 Å². The van der Waals surface area contributed by atoms with Crippen molar-refractivity contribution in [3.63, 3.8) is 0 Å².